The lowest BCUT2D eigenvalue weighted by Gasteiger charge is -2.09. The molecule has 0 aromatic carbocycles. The van der Waals surface area contributed by atoms with E-state index >= 15 is 0 Å². The van der Waals surface area contributed by atoms with Crippen LogP contribution >= 0.6 is 0 Å². The molecule has 0 saturated carbocycles. The smallest absolute Gasteiger partial charge is 0.237 e. The monoisotopic (exact) mass is 198 g/mol. The van der Waals surface area contributed by atoms with Crippen molar-refractivity contribution in [3.8, 4) is 0 Å². The minimum Gasteiger partial charge on any atom is -0.726 e. The van der Waals surface area contributed by atoms with Crippen molar-refractivity contribution in [1.82, 2.24) is 0 Å². The van der Waals surface area contributed by atoms with Crippen molar-refractivity contribution < 1.29 is 22.1 Å². The largest absolute Gasteiger partial charge is 0.726 e. The molecule has 0 fully saturated rings. The molecule has 8 heteroatoms. The molecule has 72 valence electrons. The fourth-order valence-electron chi connectivity index (χ4n) is 0.490. The lowest BCUT2D eigenvalue weighted by molar-refractivity contribution is -0.525. The number of hydrogen-bond acceptors (Lipinski definition) is 6. The van der Waals surface area contributed by atoms with E-state index in [-0.39, 0.29) is 6.42 Å². The van der Waals surface area contributed by atoms with Gasteiger partial charge in [-0.05, 0) is 0 Å². The summed E-state index contributed by atoms with van der Waals surface area (Å²) in [5, 5.41) is 10.1. The van der Waals surface area contributed by atoms with E-state index in [9.17, 15) is 23.1 Å². The molecule has 7 nitrogen and oxygen atoms in total. The van der Waals surface area contributed by atoms with E-state index in [1.165, 1.54) is 6.92 Å². The molecule has 0 spiro atoms. The molecule has 0 aromatic rings. The summed E-state index contributed by atoms with van der Waals surface area (Å²) in [7, 11) is -4.82. The zero-order valence-electron chi connectivity index (χ0n) is 6.30. The zero-order chi connectivity index (χ0) is 9.78. The summed E-state index contributed by atoms with van der Waals surface area (Å²) in [5.41, 5.74) is 0. The minimum atomic E-state index is -4.82. The second-order valence-corrected chi connectivity index (χ2v) is 3.09. The summed E-state index contributed by atoms with van der Waals surface area (Å²) in [5.74, 6) is 0. The zero-order valence-corrected chi connectivity index (χ0v) is 7.11. The van der Waals surface area contributed by atoms with Gasteiger partial charge in [0.1, 0.15) is 6.61 Å². The molecular weight excluding hydrogens is 190 g/mol. The molecule has 0 aliphatic heterocycles. The molecule has 0 heterocycles. The molecule has 0 aliphatic carbocycles. The highest BCUT2D eigenvalue weighted by Crippen LogP contribution is 1.98. The summed E-state index contributed by atoms with van der Waals surface area (Å²) >= 11 is 0. The molecule has 0 rings (SSSR count). The summed E-state index contributed by atoms with van der Waals surface area (Å²) in [4.78, 5) is 9.39. The quantitative estimate of drug-likeness (QED) is 0.255. The minimum absolute atomic E-state index is 0.114. The Morgan fingerprint density at radius 2 is 2.08 bits per heavy atom. The number of hydrogen-bond donors (Lipinski definition) is 0. The molecule has 1 atom stereocenters. The lowest BCUT2D eigenvalue weighted by Crippen LogP contribution is -2.26. The third-order valence-corrected chi connectivity index (χ3v) is 1.60. The van der Waals surface area contributed by atoms with Gasteiger partial charge >= 0.3 is 0 Å². The van der Waals surface area contributed by atoms with E-state index in [1.54, 1.807) is 0 Å². The van der Waals surface area contributed by atoms with Crippen LogP contribution in [0.1, 0.15) is 13.3 Å². The fourth-order valence-corrected chi connectivity index (χ4v) is 0.813. The SMILES string of the molecule is CCC(COS(=O)(=O)[O-])[N+](=O)[O-]. The van der Waals surface area contributed by atoms with Crippen LogP contribution in [0, 0.1) is 10.1 Å². The predicted octanol–water partition coefficient (Wildman–Crippen LogP) is -0.481. The van der Waals surface area contributed by atoms with Crippen molar-refractivity contribution in [2.24, 2.45) is 0 Å². The van der Waals surface area contributed by atoms with Gasteiger partial charge in [0, 0.05) is 11.3 Å². The van der Waals surface area contributed by atoms with Crippen LogP contribution in [0.2, 0.25) is 0 Å². The Labute approximate surface area is 69.4 Å². The van der Waals surface area contributed by atoms with Crippen molar-refractivity contribution >= 4 is 10.4 Å². The first kappa shape index (κ1) is 11.3. The normalized spacial score (nSPS) is 14.2. The number of rotatable bonds is 5. The van der Waals surface area contributed by atoms with Crippen molar-refractivity contribution in [2.45, 2.75) is 19.4 Å². The molecule has 1 unspecified atom stereocenters. The summed E-state index contributed by atoms with van der Waals surface area (Å²) in [6.45, 7) is 0.795. The van der Waals surface area contributed by atoms with Crippen molar-refractivity contribution in [3.05, 3.63) is 10.1 Å². The van der Waals surface area contributed by atoms with Gasteiger partial charge in [0.2, 0.25) is 16.4 Å². The average Bonchev–Trinajstić information content (AvgIpc) is 1.85. The highest BCUT2D eigenvalue weighted by atomic mass is 32.3. The fraction of sp³-hybridized carbons (Fsp3) is 1.00. The Hall–Kier alpha value is -0.730. The molecule has 0 amide bonds. The highest BCUT2D eigenvalue weighted by molar-refractivity contribution is 7.80. The molecule has 0 saturated heterocycles. The molecule has 0 bridgehead atoms. The Balaban J connectivity index is 3.98. The Bertz CT molecular complexity index is 246. The Morgan fingerprint density at radius 3 is 2.33 bits per heavy atom. The lowest BCUT2D eigenvalue weighted by atomic mass is 10.3. The summed E-state index contributed by atoms with van der Waals surface area (Å²) in [6, 6.07) is -1.14. The average molecular weight is 198 g/mol. The van der Waals surface area contributed by atoms with Crippen LogP contribution in [0.3, 0.4) is 0 Å². The molecular formula is C4H8NO6S-. The Kier molecular flexibility index (Phi) is 4.07. The van der Waals surface area contributed by atoms with Crippen molar-refractivity contribution in [2.75, 3.05) is 6.61 Å². The van der Waals surface area contributed by atoms with E-state index < -0.39 is 28.0 Å². The van der Waals surface area contributed by atoms with Crippen molar-refractivity contribution in [3.63, 3.8) is 0 Å². The van der Waals surface area contributed by atoms with Gasteiger partial charge in [-0.25, -0.2) is 8.42 Å². The first-order valence-electron chi connectivity index (χ1n) is 3.10. The van der Waals surface area contributed by atoms with Crippen LogP contribution in [0.5, 0.6) is 0 Å². The van der Waals surface area contributed by atoms with Gasteiger partial charge in [0.25, 0.3) is 0 Å². The Morgan fingerprint density at radius 1 is 1.58 bits per heavy atom. The van der Waals surface area contributed by atoms with Crippen molar-refractivity contribution in [1.29, 1.82) is 0 Å². The number of nitrogens with zero attached hydrogens (tertiary/aromatic N) is 1. The van der Waals surface area contributed by atoms with Gasteiger partial charge in [0.05, 0.1) is 0 Å². The predicted molar refractivity (Wildman–Crippen MR) is 36.7 cm³/mol. The van der Waals surface area contributed by atoms with E-state index in [4.69, 9.17) is 0 Å². The van der Waals surface area contributed by atoms with Crippen LogP contribution in [-0.2, 0) is 14.6 Å². The van der Waals surface area contributed by atoms with Gasteiger partial charge in [-0.3, -0.25) is 14.3 Å². The van der Waals surface area contributed by atoms with Gasteiger partial charge in [0.15, 0.2) is 0 Å². The second kappa shape index (κ2) is 4.33. The third-order valence-electron chi connectivity index (χ3n) is 1.17. The maximum absolute atomic E-state index is 10.1. The first-order chi connectivity index (χ1) is 5.37. The summed E-state index contributed by atoms with van der Waals surface area (Å²) in [6.07, 6.45) is 0.114. The molecule has 0 aliphatic rings. The molecule has 0 radical (unpaired) electrons. The molecule has 0 N–H and O–H groups in total. The van der Waals surface area contributed by atoms with E-state index in [0.29, 0.717) is 0 Å². The topological polar surface area (TPSA) is 110 Å². The van der Waals surface area contributed by atoms with E-state index in [2.05, 4.69) is 4.18 Å². The highest BCUT2D eigenvalue weighted by Gasteiger charge is 2.18. The van der Waals surface area contributed by atoms with Crippen LogP contribution < -0.4 is 0 Å². The molecule has 0 aromatic heterocycles. The van der Waals surface area contributed by atoms with E-state index in [1.807, 2.05) is 0 Å². The van der Waals surface area contributed by atoms with Gasteiger partial charge < -0.3 is 4.55 Å². The van der Waals surface area contributed by atoms with E-state index in [0.717, 1.165) is 0 Å². The van der Waals surface area contributed by atoms with Gasteiger partial charge in [-0.1, -0.05) is 6.92 Å². The number of nitro groups is 1. The summed E-state index contributed by atoms with van der Waals surface area (Å²) < 4.78 is 33.3. The molecule has 12 heavy (non-hydrogen) atoms. The maximum atomic E-state index is 10.1. The third kappa shape index (κ3) is 4.99. The van der Waals surface area contributed by atoms with Gasteiger partial charge in [-0.15, -0.1) is 0 Å². The van der Waals surface area contributed by atoms with Crippen LogP contribution in [0.4, 0.5) is 0 Å². The standard InChI is InChI=1S/C4H9NO6S/c1-2-4(5(6)7)3-11-12(8,9)10/h4H,2-3H2,1H3,(H,8,9,10)/p-1. The van der Waals surface area contributed by atoms with Crippen LogP contribution in [-0.4, -0.2) is 30.5 Å². The van der Waals surface area contributed by atoms with Crippen LogP contribution in [0.15, 0.2) is 0 Å². The first-order valence-corrected chi connectivity index (χ1v) is 4.44. The maximum Gasteiger partial charge on any atom is 0.237 e. The van der Waals surface area contributed by atoms with Gasteiger partial charge in [-0.2, -0.15) is 0 Å². The second-order valence-electron chi connectivity index (χ2n) is 2.04. The van der Waals surface area contributed by atoms with Crippen LogP contribution in [0.25, 0.3) is 0 Å².